The van der Waals surface area contributed by atoms with Gasteiger partial charge in [-0.1, -0.05) is 20.3 Å². The standard InChI is InChI=1S/C19H30BrN5/c1-4-7-17(24-10-6-9-23(3)11-12-24)19-22-16-13-15(20)14-21-18(16)25(19)8-5-2/h13-14,17H,4-12H2,1-3H3. The van der Waals surface area contributed by atoms with E-state index in [4.69, 9.17) is 4.98 Å². The number of nitrogens with zero attached hydrogens (tertiary/aromatic N) is 5. The number of hydrogen-bond donors (Lipinski definition) is 0. The van der Waals surface area contributed by atoms with Crippen LogP contribution >= 0.6 is 15.9 Å². The highest BCUT2D eigenvalue weighted by Crippen LogP contribution is 2.30. The molecule has 3 rings (SSSR count). The van der Waals surface area contributed by atoms with E-state index in [-0.39, 0.29) is 0 Å². The minimum atomic E-state index is 0.385. The Hall–Kier alpha value is -0.980. The van der Waals surface area contributed by atoms with Crippen molar-refractivity contribution in [3.8, 4) is 0 Å². The second-order valence-corrected chi connectivity index (χ2v) is 8.03. The van der Waals surface area contributed by atoms with Crippen LogP contribution in [0, 0.1) is 0 Å². The molecule has 1 atom stereocenters. The molecule has 3 heterocycles. The smallest absolute Gasteiger partial charge is 0.160 e. The van der Waals surface area contributed by atoms with Gasteiger partial charge in [-0.25, -0.2) is 9.97 Å². The molecule has 2 aromatic rings. The van der Waals surface area contributed by atoms with Crippen molar-refractivity contribution in [1.82, 2.24) is 24.3 Å². The first-order chi connectivity index (χ1) is 12.1. The van der Waals surface area contributed by atoms with Crippen LogP contribution in [0.2, 0.25) is 0 Å². The van der Waals surface area contributed by atoms with Crippen molar-refractivity contribution in [3.05, 3.63) is 22.6 Å². The van der Waals surface area contributed by atoms with Crippen molar-refractivity contribution in [2.45, 2.75) is 52.1 Å². The second-order valence-electron chi connectivity index (χ2n) is 7.12. The fraction of sp³-hybridized carbons (Fsp3) is 0.684. The van der Waals surface area contributed by atoms with E-state index in [1.165, 1.54) is 25.2 Å². The molecule has 0 bridgehead atoms. The fourth-order valence-corrected chi connectivity index (χ4v) is 4.15. The predicted octanol–water partition coefficient (Wildman–Crippen LogP) is 4.08. The third kappa shape index (κ3) is 4.23. The van der Waals surface area contributed by atoms with Crippen molar-refractivity contribution < 1.29 is 0 Å². The third-order valence-corrected chi connectivity index (χ3v) is 5.52. The molecule has 1 unspecified atom stereocenters. The predicted molar refractivity (Wildman–Crippen MR) is 107 cm³/mol. The van der Waals surface area contributed by atoms with Crippen molar-refractivity contribution in [3.63, 3.8) is 0 Å². The van der Waals surface area contributed by atoms with Gasteiger partial charge in [0.25, 0.3) is 0 Å². The van der Waals surface area contributed by atoms with Crippen molar-refractivity contribution in [2.24, 2.45) is 0 Å². The molecule has 1 aliphatic heterocycles. The summed E-state index contributed by atoms with van der Waals surface area (Å²) in [4.78, 5) is 14.8. The Bertz CT molecular complexity index is 698. The Kier molecular flexibility index (Phi) is 6.47. The molecule has 0 saturated carbocycles. The first-order valence-electron chi connectivity index (χ1n) is 9.58. The van der Waals surface area contributed by atoms with Crippen LogP contribution in [-0.4, -0.2) is 57.6 Å². The lowest BCUT2D eigenvalue weighted by Gasteiger charge is -2.30. The average Bonchev–Trinajstić information content (AvgIpc) is 2.78. The quantitative estimate of drug-likeness (QED) is 0.722. The molecule has 0 aromatic carbocycles. The number of pyridine rings is 1. The van der Waals surface area contributed by atoms with E-state index in [1.54, 1.807) is 0 Å². The van der Waals surface area contributed by atoms with Gasteiger partial charge in [0.2, 0.25) is 0 Å². The van der Waals surface area contributed by atoms with Gasteiger partial charge in [-0.2, -0.15) is 0 Å². The Morgan fingerprint density at radius 2 is 2.00 bits per heavy atom. The second kappa shape index (κ2) is 8.60. The van der Waals surface area contributed by atoms with Crippen LogP contribution in [0.4, 0.5) is 0 Å². The maximum absolute atomic E-state index is 5.05. The van der Waals surface area contributed by atoms with Gasteiger partial charge < -0.3 is 9.47 Å². The van der Waals surface area contributed by atoms with Gasteiger partial charge in [-0.15, -0.1) is 0 Å². The molecule has 0 N–H and O–H groups in total. The SMILES string of the molecule is CCCC(c1nc2cc(Br)cnc2n1CCC)N1CCCN(C)CC1. The van der Waals surface area contributed by atoms with Crippen LogP contribution in [0.1, 0.15) is 51.4 Å². The Labute approximate surface area is 159 Å². The highest BCUT2D eigenvalue weighted by molar-refractivity contribution is 9.10. The maximum atomic E-state index is 5.05. The number of aryl methyl sites for hydroxylation is 1. The molecule has 6 heteroatoms. The molecule has 0 radical (unpaired) electrons. The summed E-state index contributed by atoms with van der Waals surface area (Å²) in [6, 6.07) is 2.48. The first kappa shape index (κ1) is 18.8. The molecular formula is C19H30BrN5. The molecule has 25 heavy (non-hydrogen) atoms. The zero-order valence-electron chi connectivity index (χ0n) is 15.7. The van der Waals surface area contributed by atoms with E-state index in [1.807, 2.05) is 6.20 Å². The maximum Gasteiger partial charge on any atom is 0.160 e. The molecule has 0 spiro atoms. The van der Waals surface area contributed by atoms with Gasteiger partial charge in [0, 0.05) is 36.8 Å². The topological polar surface area (TPSA) is 37.2 Å². The van der Waals surface area contributed by atoms with Crippen molar-refractivity contribution in [2.75, 3.05) is 33.2 Å². The lowest BCUT2D eigenvalue weighted by Crippen LogP contribution is -2.34. The monoisotopic (exact) mass is 407 g/mol. The molecule has 1 fully saturated rings. The summed E-state index contributed by atoms with van der Waals surface area (Å²) in [6.45, 7) is 10.1. The lowest BCUT2D eigenvalue weighted by atomic mass is 10.1. The van der Waals surface area contributed by atoms with E-state index < -0.39 is 0 Å². The number of hydrogen-bond acceptors (Lipinski definition) is 4. The van der Waals surface area contributed by atoms with E-state index >= 15 is 0 Å². The number of fused-ring (bicyclic) bond motifs is 1. The fourth-order valence-electron chi connectivity index (χ4n) is 3.83. The zero-order valence-corrected chi connectivity index (χ0v) is 17.3. The molecule has 138 valence electrons. The van der Waals surface area contributed by atoms with Crippen LogP contribution in [0.15, 0.2) is 16.7 Å². The number of aromatic nitrogens is 3. The van der Waals surface area contributed by atoms with Gasteiger partial charge >= 0.3 is 0 Å². The van der Waals surface area contributed by atoms with Crippen LogP contribution < -0.4 is 0 Å². The van der Waals surface area contributed by atoms with Crippen LogP contribution in [0.3, 0.4) is 0 Å². The van der Waals surface area contributed by atoms with Crippen molar-refractivity contribution in [1.29, 1.82) is 0 Å². The van der Waals surface area contributed by atoms with Gasteiger partial charge in [0.1, 0.15) is 11.3 Å². The van der Waals surface area contributed by atoms with Gasteiger partial charge in [-0.3, -0.25) is 4.90 Å². The molecule has 1 aliphatic rings. The average molecular weight is 408 g/mol. The summed E-state index contributed by atoms with van der Waals surface area (Å²) in [6.07, 6.45) is 6.53. The van der Waals surface area contributed by atoms with Crippen LogP contribution in [0.25, 0.3) is 11.2 Å². The number of rotatable bonds is 6. The summed E-state index contributed by atoms with van der Waals surface area (Å²) in [5.41, 5.74) is 2.03. The first-order valence-corrected chi connectivity index (χ1v) is 10.4. The van der Waals surface area contributed by atoms with E-state index in [2.05, 4.69) is 62.2 Å². The Balaban J connectivity index is 2.01. The van der Waals surface area contributed by atoms with Crippen LogP contribution in [-0.2, 0) is 6.54 Å². The molecule has 0 amide bonds. The zero-order chi connectivity index (χ0) is 17.8. The molecule has 1 saturated heterocycles. The lowest BCUT2D eigenvalue weighted by molar-refractivity contribution is 0.181. The highest BCUT2D eigenvalue weighted by Gasteiger charge is 2.27. The normalized spacial score (nSPS) is 18.6. The van der Waals surface area contributed by atoms with E-state index in [0.717, 1.165) is 54.7 Å². The highest BCUT2D eigenvalue weighted by atomic mass is 79.9. The molecule has 0 aliphatic carbocycles. The molecule has 5 nitrogen and oxygen atoms in total. The Morgan fingerprint density at radius 3 is 2.76 bits per heavy atom. The number of imidazole rings is 1. The third-order valence-electron chi connectivity index (χ3n) is 5.08. The summed E-state index contributed by atoms with van der Waals surface area (Å²) in [5, 5.41) is 0. The van der Waals surface area contributed by atoms with Gasteiger partial charge in [0.05, 0.1) is 6.04 Å². The summed E-state index contributed by atoms with van der Waals surface area (Å²) >= 11 is 3.54. The largest absolute Gasteiger partial charge is 0.311 e. The van der Waals surface area contributed by atoms with E-state index in [9.17, 15) is 0 Å². The van der Waals surface area contributed by atoms with Crippen molar-refractivity contribution >= 4 is 27.1 Å². The summed E-state index contributed by atoms with van der Waals surface area (Å²) < 4.78 is 3.35. The van der Waals surface area contributed by atoms with Gasteiger partial charge in [-0.05, 0) is 54.9 Å². The molecule has 2 aromatic heterocycles. The van der Waals surface area contributed by atoms with E-state index in [0.29, 0.717) is 6.04 Å². The van der Waals surface area contributed by atoms with Crippen LogP contribution in [0.5, 0.6) is 0 Å². The number of halogens is 1. The molecular weight excluding hydrogens is 378 g/mol. The summed E-state index contributed by atoms with van der Waals surface area (Å²) in [5.74, 6) is 1.20. The van der Waals surface area contributed by atoms with Gasteiger partial charge in [0.15, 0.2) is 5.65 Å². The minimum Gasteiger partial charge on any atom is -0.311 e. The summed E-state index contributed by atoms with van der Waals surface area (Å²) in [7, 11) is 2.23. The number of likely N-dealkylation sites (N-methyl/N-ethyl adjacent to an activating group) is 1. The minimum absolute atomic E-state index is 0.385. The Morgan fingerprint density at radius 1 is 1.16 bits per heavy atom.